The molecule has 1 aromatic rings. The van der Waals surface area contributed by atoms with Gasteiger partial charge in [-0.25, -0.2) is 0 Å². The molecule has 2 fully saturated rings. The first-order valence-electron chi connectivity index (χ1n) is 8.21. The number of nitrogens with one attached hydrogen (secondary N) is 1. The van der Waals surface area contributed by atoms with Crippen LogP contribution in [0.2, 0.25) is 0 Å². The van der Waals surface area contributed by atoms with Crippen molar-refractivity contribution in [3.63, 3.8) is 0 Å². The monoisotopic (exact) mass is 302 g/mol. The molecule has 1 amide bonds. The molecule has 2 saturated heterocycles. The SMILES string of the molecule is CN1CCC(NC(=O)[C@@H]2CN(C)C[C@H]2c2cccnc2)CC1. The van der Waals surface area contributed by atoms with E-state index in [1.54, 1.807) is 6.20 Å². The lowest BCUT2D eigenvalue weighted by molar-refractivity contribution is -0.126. The first-order chi connectivity index (χ1) is 10.6. The van der Waals surface area contributed by atoms with Gasteiger partial charge in [-0.2, -0.15) is 0 Å². The summed E-state index contributed by atoms with van der Waals surface area (Å²) in [7, 11) is 4.23. The van der Waals surface area contributed by atoms with Gasteiger partial charge in [-0.15, -0.1) is 0 Å². The molecule has 3 rings (SSSR count). The fraction of sp³-hybridized carbons (Fsp3) is 0.647. The minimum Gasteiger partial charge on any atom is -0.353 e. The Morgan fingerprint density at radius 3 is 2.68 bits per heavy atom. The Morgan fingerprint density at radius 2 is 2.00 bits per heavy atom. The number of aromatic nitrogens is 1. The minimum absolute atomic E-state index is 0.0360. The van der Waals surface area contributed by atoms with Gasteiger partial charge in [-0.3, -0.25) is 9.78 Å². The van der Waals surface area contributed by atoms with Crippen LogP contribution in [0.25, 0.3) is 0 Å². The first kappa shape index (κ1) is 15.4. The number of hydrogen-bond acceptors (Lipinski definition) is 4. The molecule has 5 heteroatoms. The third kappa shape index (κ3) is 3.47. The molecule has 0 aromatic carbocycles. The molecule has 1 N–H and O–H groups in total. The minimum atomic E-state index is 0.0360. The van der Waals surface area contributed by atoms with E-state index < -0.39 is 0 Å². The van der Waals surface area contributed by atoms with E-state index >= 15 is 0 Å². The molecule has 2 atom stereocenters. The van der Waals surface area contributed by atoms with Crippen LogP contribution in [0, 0.1) is 5.92 Å². The van der Waals surface area contributed by atoms with E-state index in [-0.39, 0.29) is 17.7 Å². The third-order valence-corrected chi connectivity index (χ3v) is 5.02. The van der Waals surface area contributed by atoms with Crippen LogP contribution >= 0.6 is 0 Å². The maximum atomic E-state index is 12.8. The van der Waals surface area contributed by atoms with Gasteiger partial charge in [0.25, 0.3) is 0 Å². The van der Waals surface area contributed by atoms with E-state index in [1.165, 1.54) is 5.56 Å². The number of amides is 1. The van der Waals surface area contributed by atoms with Crippen molar-refractivity contribution in [2.24, 2.45) is 5.92 Å². The highest BCUT2D eigenvalue weighted by Gasteiger charge is 2.37. The van der Waals surface area contributed by atoms with Gasteiger partial charge >= 0.3 is 0 Å². The lowest BCUT2D eigenvalue weighted by Crippen LogP contribution is -2.46. The Hall–Kier alpha value is -1.46. The van der Waals surface area contributed by atoms with Gasteiger partial charge in [0, 0.05) is 37.4 Å². The largest absolute Gasteiger partial charge is 0.353 e. The van der Waals surface area contributed by atoms with E-state index in [1.807, 2.05) is 12.3 Å². The van der Waals surface area contributed by atoms with E-state index in [2.05, 4.69) is 40.3 Å². The number of likely N-dealkylation sites (tertiary alicyclic amines) is 2. The van der Waals surface area contributed by atoms with Gasteiger partial charge in [-0.1, -0.05) is 6.07 Å². The average Bonchev–Trinajstić information content (AvgIpc) is 2.92. The quantitative estimate of drug-likeness (QED) is 0.903. The predicted molar refractivity (Wildman–Crippen MR) is 86.6 cm³/mol. The molecule has 0 bridgehead atoms. The Morgan fingerprint density at radius 1 is 1.23 bits per heavy atom. The fourth-order valence-corrected chi connectivity index (χ4v) is 3.66. The Bertz CT molecular complexity index is 499. The lowest BCUT2D eigenvalue weighted by atomic mass is 9.89. The Kier molecular flexibility index (Phi) is 4.74. The second-order valence-corrected chi connectivity index (χ2v) is 6.81. The van der Waals surface area contributed by atoms with Crippen LogP contribution in [0.1, 0.15) is 24.3 Å². The summed E-state index contributed by atoms with van der Waals surface area (Å²) in [6.45, 7) is 3.90. The van der Waals surface area contributed by atoms with Crippen molar-refractivity contribution in [3.05, 3.63) is 30.1 Å². The maximum absolute atomic E-state index is 12.8. The smallest absolute Gasteiger partial charge is 0.225 e. The molecular weight excluding hydrogens is 276 g/mol. The summed E-state index contributed by atoms with van der Waals surface area (Å²) >= 11 is 0. The molecule has 120 valence electrons. The fourth-order valence-electron chi connectivity index (χ4n) is 3.66. The van der Waals surface area contributed by atoms with Gasteiger partial charge in [0.15, 0.2) is 0 Å². The van der Waals surface area contributed by atoms with E-state index in [0.717, 1.165) is 39.0 Å². The van der Waals surface area contributed by atoms with Crippen molar-refractivity contribution in [2.45, 2.75) is 24.8 Å². The highest BCUT2D eigenvalue weighted by molar-refractivity contribution is 5.80. The highest BCUT2D eigenvalue weighted by Crippen LogP contribution is 2.31. The summed E-state index contributed by atoms with van der Waals surface area (Å²) in [4.78, 5) is 21.5. The van der Waals surface area contributed by atoms with Crippen LogP contribution in [0.15, 0.2) is 24.5 Å². The molecule has 2 aliphatic rings. The van der Waals surface area contributed by atoms with Crippen LogP contribution in [-0.2, 0) is 4.79 Å². The molecule has 0 unspecified atom stereocenters. The van der Waals surface area contributed by atoms with Gasteiger partial charge in [-0.05, 0) is 51.7 Å². The van der Waals surface area contributed by atoms with Crippen molar-refractivity contribution >= 4 is 5.91 Å². The second kappa shape index (κ2) is 6.75. The number of pyridine rings is 1. The van der Waals surface area contributed by atoms with Crippen LogP contribution in [0.5, 0.6) is 0 Å². The van der Waals surface area contributed by atoms with Crippen molar-refractivity contribution in [1.82, 2.24) is 20.1 Å². The van der Waals surface area contributed by atoms with Crippen LogP contribution < -0.4 is 5.32 Å². The van der Waals surface area contributed by atoms with Crippen molar-refractivity contribution in [2.75, 3.05) is 40.3 Å². The zero-order chi connectivity index (χ0) is 15.5. The summed E-state index contributed by atoms with van der Waals surface area (Å²) in [5.41, 5.74) is 1.18. The standard InChI is InChI=1S/C17H26N4O/c1-20-8-5-14(6-9-20)19-17(22)16-12-21(2)11-15(16)13-4-3-7-18-10-13/h3-4,7,10,14-16H,5-6,8-9,11-12H2,1-2H3,(H,19,22)/t15-,16+/m0/s1. The molecule has 0 aliphatic carbocycles. The number of nitrogens with zero attached hydrogens (tertiary/aromatic N) is 3. The molecule has 1 aromatic heterocycles. The van der Waals surface area contributed by atoms with Gasteiger partial charge in [0.05, 0.1) is 5.92 Å². The number of likely N-dealkylation sites (N-methyl/N-ethyl adjacent to an activating group) is 1. The zero-order valence-electron chi connectivity index (χ0n) is 13.5. The normalized spacial score (nSPS) is 27.9. The van der Waals surface area contributed by atoms with Gasteiger partial charge in [0.2, 0.25) is 5.91 Å². The summed E-state index contributed by atoms with van der Waals surface area (Å²) < 4.78 is 0. The molecule has 3 heterocycles. The molecule has 5 nitrogen and oxygen atoms in total. The van der Waals surface area contributed by atoms with Gasteiger partial charge in [0.1, 0.15) is 0 Å². The molecule has 22 heavy (non-hydrogen) atoms. The van der Waals surface area contributed by atoms with Crippen LogP contribution in [0.3, 0.4) is 0 Å². The summed E-state index contributed by atoms with van der Waals surface area (Å²) in [5, 5.41) is 3.29. The van der Waals surface area contributed by atoms with Crippen molar-refractivity contribution in [1.29, 1.82) is 0 Å². The van der Waals surface area contributed by atoms with Crippen molar-refractivity contribution < 1.29 is 4.79 Å². The molecule has 0 spiro atoms. The number of rotatable bonds is 3. The third-order valence-electron chi connectivity index (χ3n) is 5.02. The number of piperidine rings is 1. The van der Waals surface area contributed by atoms with Crippen molar-refractivity contribution in [3.8, 4) is 0 Å². The molecule has 0 radical (unpaired) electrons. The molecular formula is C17H26N4O. The van der Waals surface area contributed by atoms with E-state index in [0.29, 0.717) is 6.04 Å². The number of carbonyl (C=O) groups is 1. The highest BCUT2D eigenvalue weighted by atomic mass is 16.2. The predicted octanol–water partition coefficient (Wildman–Crippen LogP) is 0.937. The molecule has 2 aliphatic heterocycles. The van der Waals surface area contributed by atoms with Gasteiger partial charge < -0.3 is 15.1 Å². The zero-order valence-corrected chi connectivity index (χ0v) is 13.5. The molecule has 0 saturated carbocycles. The maximum Gasteiger partial charge on any atom is 0.225 e. The van der Waals surface area contributed by atoms with Crippen LogP contribution in [-0.4, -0.2) is 67.0 Å². The van der Waals surface area contributed by atoms with Crippen LogP contribution in [0.4, 0.5) is 0 Å². The average molecular weight is 302 g/mol. The summed E-state index contributed by atoms with van der Waals surface area (Å²) in [6.07, 6.45) is 5.81. The topological polar surface area (TPSA) is 48.5 Å². The first-order valence-corrected chi connectivity index (χ1v) is 8.21. The number of carbonyl (C=O) groups excluding carboxylic acids is 1. The Labute approximate surface area is 132 Å². The van der Waals surface area contributed by atoms with E-state index in [4.69, 9.17) is 0 Å². The van der Waals surface area contributed by atoms with E-state index in [9.17, 15) is 4.79 Å². The summed E-state index contributed by atoms with van der Waals surface area (Å²) in [6, 6.07) is 4.39. The number of hydrogen-bond donors (Lipinski definition) is 1. The second-order valence-electron chi connectivity index (χ2n) is 6.81. The Balaban J connectivity index is 1.65. The summed E-state index contributed by atoms with van der Waals surface area (Å²) in [5.74, 6) is 0.506. The lowest BCUT2D eigenvalue weighted by Gasteiger charge is -2.30.